The van der Waals surface area contributed by atoms with E-state index in [9.17, 15) is 19.8 Å². The van der Waals surface area contributed by atoms with Gasteiger partial charge < -0.3 is 20.3 Å². The van der Waals surface area contributed by atoms with Crippen molar-refractivity contribution in [3.05, 3.63) is 48.6 Å². The summed E-state index contributed by atoms with van der Waals surface area (Å²) < 4.78 is 5.95. The van der Waals surface area contributed by atoms with E-state index in [1.54, 1.807) is 0 Å². The van der Waals surface area contributed by atoms with Crippen LogP contribution < -0.4 is 5.32 Å². The molecule has 0 aromatic rings. The summed E-state index contributed by atoms with van der Waals surface area (Å²) in [6, 6.07) is -0.712. The lowest BCUT2D eigenvalue weighted by molar-refractivity contribution is -0.151. The van der Waals surface area contributed by atoms with Crippen molar-refractivity contribution in [3.8, 4) is 0 Å². The van der Waals surface area contributed by atoms with Crippen molar-refractivity contribution in [3.63, 3.8) is 0 Å². The molecule has 0 aromatic carbocycles. The first-order chi connectivity index (χ1) is 33.0. The van der Waals surface area contributed by atoms with Gasteiger partial charge in [0.25, 0.3) is 0 Å². The van der Waals surface area contributed by atoms with E-state index in [0.717, 1.165) is 96.3 Å². The summed E-state index contributed by atoms with van der Waals surface area (Å²) in [5, 5.41) is 23.9. The second kappa shape index (κ2) is 54.8. The Kier molecular flexibility index (Phi) is 53.0. The number of hydrogen-bond donors (Lipinski definition) is 3. The number of hydrogen-bond acceptors (Lipinski definition) is 5. The number of amides is 1. The molecule has 0 spiro atoms. The Labute approximate surface area is 416 Å². The van der Waals surface area contributed by atoms with Gasteiger partial charge in [-0.1, -0.05) is 249 Å². The Morgan fingerprint density at radius 1 is 0.433 bits per heavy atom. The Hall–Kier alpha value is -2.18. The van der Waals surface area contributed by atoms with Gasteiger partial charge in [-0.2, -0.15) is 0 Å². The van der Waals surface area contributed by atoms with Crippen LogP contribution in [0.15, 0.2) is 48.6 Å². The standard InChI is InChI=1S/C61H113NO5/c1-4-7-10-13-16-19-22-25-28-30-32-35-38-41-44-47-50-53-59(64)58(56-63)62-60(65)55-57(52-49-46-43-40-37-34-27-24-21-18-15-12-9-6-3)67-61(66)54-51-48-45-42-39-36-33-31-29-26-23-20-17-14-11-8-5-2/h17,20,26,29,33-34,36-37,57-59,63-64H,4-16,18-19,21-25,27-28,30-32,35,38-56H2,1-3H3,(H,62,65)/b20-17-,29-26-,36-33-,37-34+. The summed E-state index contributed by atoms with van der Waals surface area (Å²) in [5.74, 6) is -0.504. The number of rotatable bonds is 53. The number of aliphatic hydroxyl groups excluding tert-OH is 2. The van der Waals surface area contributed by atoms with Crippen LogP contribution in [-0.2, 0) is 14.3 Å². The number of allylic oxidation sites excluding steroid dienone is 8. The average molecular weight is 941 g/mol. The van der Waals surface area contributed by atoms with Crippen LogP contribution in [0, 0.1) is 0 Å². The number of nitrogens with one attached hydrogen (secondary N) is 1. The minimum atomic E-state index is -0.796. The molecule has 6 heteroatoms. The van der Waals surface area contributed by atoms with E-state index in [1.165, 1.54) is 161 Å². The van der Waals surface area contributed by atoms with Crippen LogP contribution in [0.2, 0.25) is 0 Å². The Balaban J connectivity index is 4.56. The lowest BCUT2D eigenvalue weighted by Gasteiger charge is -2.24. The smallest absolute Gasteiger partial charge is 0.306 e. The molecule has 0 bridgehead atoms. The van der Waals surface area contributed by atoms with Crippen molar-refractivity contribution in [2.24, 2.45) is 0 Å². The Bertz CT molecular complexity index is 1150. The summed E-state index contributed by atoms with van der Waals surface area (Å²) >= 11 is 0. The van der Waals surface area contributed by atoms with E-state index < -0.39 is 18.2 Å². The topological polar surface area (TPSA) is 95.9 Å². The van der Waals surface area contributed by atoms with Crippen molar-refractivity contribution >= 4 is 11.9 Å². The highest BCUT2D eigenvalue weighted by molar-refractivity contribution is 5.77. The highest BCUT2D eigenvalue weighted by atomic mass is 16.5. The predicted octanol–water partition coefficient (Wildman–Crippen LogP) is 18.2. The molecule has 0 heterocycles. The zero-order chi connectivity index (χ0) is 48.8. The highest BCUT2D eigenvalue weighted by Gasteiger charge is 2.24. The van der Waals surface area contributed by atoms with E-state index in [2.05, 4.69) is 74.7 Å². The van der Waals surface area contributed by atoms with Crippen molar-refractivity contribution in [2.45, 2.75) is 322 Å². The van der Waals surface area contributed by atoms with Gasteiger partial charge in [0.05, 0.1) is 25.2 Å². The molecule has 0 radical (unpaired) electrons. The molecule has 0 saturated carbocycles. The van der Waals surface area contributed by atoms with E-state index >= 15 is 0 Å². The minimum absolute atomic E-state index is 0.0592. The molecule has 0 fully saturated rings. The van der Waals surface area contributed by atoms with Crippen molar-refractivity contribution in [2.75, 3.05) is 6.61 Å². The monoisotopic (exact) mass is 940 g/mol. The van der Waals surface area contributed by atoms with Gasteiger partial charge in [-0.25, -0.2) is 0 Å². The molecule has 6 nitrogen and oxygen atoms in total. The molecule has 0 saturated heterocycles. The number of esters is 1. The Morgan fingerprint density at radius 2 is 0.761 bits per heavy atom. The van der Waals surface area contributed by atoms with Crippen LogP contribution >= 0.6 is 0 Å². The fourth-order valence-corrected chi connectivity index (χ4v) is 8.90. The largest absolute Gasteiger partial charge is 0.462 e. The van der Waals surface area contributed by atoms with Crippen molar-refractivity contribution in [1.29, 1.82) is 0 Å². The second-order valence-corrected chi connectivity index (χ2v) is 20.0. The molecule has 3 atom stereocenters. The fourth-order valence-electron chi connectivity index (χ4n) is 8.90. The zero-order valence-electron chi connectivity index (χ0n) is 44.8. The minimum Gasteiger partial charge on any atom is -0.462 e. The van der Waals surface area contributed by atoms with Crippen LogP contribution in [-0.4, -0.2) is 46.9 Å². The van der Waals surface area contributed by atoms with Crippen LogP contribution in [0.1, 0.15) is 303 Å². The summed E-state index contributed by atoms with van der Waals surface area (Å²) in [4.78, 5) is 26.3. The number of carbonyl (C=O) groups is 2. The lowest BCUT2D eigenvalue weighted by Crippen LogP contribution is -2.46. The van der Waals surface area contributed by atoms with Gasteiger partial charge in [-0.3, -0.25) is 9.59 Å². The van der Waals surface area contributed by atoms with Gasteiger partial charge >= 0.3 is 5.97 Å². The van der Waals surface area contributed by atoms with Gasteiger partial charge in [0.15, 0.2) is 0 Å². The van der Waals surface area contributed by atoms with Crippen LogP contribution in [0.3, 0.4) is 0 Å². The third-order valence-corrected chi connectivity index (χ3v) is 13.4. The van der Waals surface area contributed by atoms with E-state index in [0.29, 0.717) is 19.3 Å². The first-order valence-electron chi connectivity index (χ1n) is 29.4. The maximum absolute atomic E-state index is 13.3. The van der Waals surface area contributed by atoms with E-state index in [4.69, 9.17) is 4.74 Å². The molecule has 0 aliphatic rings. The van der Waals surface area contributed by atoms with Crippen LogP contribution in [0.4, 0.5) is 0 Å². The van der Waals surface area contributed by atoms with Crippen molar-refractivity contribution < 1.29 is 24.5 Å². The summed E-state index contributed by atoms with van der Waals surface area (Å²) in [7, 11) is 0. The lowest BCUT2D eigenvalue weighted by atomic mass is 10.0. The van der Waals surface area contributed by atoms with Gasteiger partial charge in [0.1, 0.15) is 6.10 Å². The highest BCUT2D eigenvalue weighted by Crippen LogP contribution is 2.18. The number of carbonyl (C=O) groups excluding carboxylic acids is 2. The van der Waals surface area contributed by atoms with Gasteiger partial charge in [0.2, 0.25) is 5.91 Å². The normalized spacial score (nSPS) is 13.4. The average Bonchev–Trinajstić information content (AvgIpc) is 3.32. The second-order valence-electron chi connectivity index (χ2n) is 20.0. The summed E-state index contributed by atoms with van der Waals surface area (Å²) in [5.41, 5.74) is 0. The van der Waals surface area contributed by atoms with Gasteiger partial charge in [0, 0.05) is 6.42 Å². The molecular formula is C61H113NO5. The zero-order valence-corrected chi connectivity index (χ0v) is 44.8. The molecular weight excluding hydrogens is 827 g/mol. The quantitative estimate of drug-likeness (QED) is 0.0321. The maximum Gasteiger partial charge on any atom is 0.306 e. The third-order valence-electron chi connectivity index (χ3n) is 13.4. The molecule has 1 amide bonds. The van der Waals surface area contributed by atoms with Gasteiger partial charge in [-0.15, -0.1) is 0 Å². The summed E-state index contributed by atoms with van der Waals surface area (Å²) in [6.45, 7) is 6.48. The molecule has 0 aromatic heterocycles. The molecule has 0 rings (SSSR count). The van der Waals surface area contributed by atoms with Crippen LogP contribution in [0.25, 0.3) is 0 Å². The third kappa shape index (κ3) is 50.0. The van der Waals surface area contributed by atoms with Gasteiger partial charge in [-0.05, 0) is 89.9 Å². The number of ether oxygens (including phenoxy) is 1. The molecule has 3 N–H and O–H groups in total. The molecule has 0 aliphatic carbocycles. The molecule has 3 unspecified atom stereocenters. The summed E-state index contributed by atoms with van der Waals surface area (Å²) in [6.07, 6.45) is 67.5. The first kappa shape index (κ1) is 64.8. The van der Waals surface area contributed by atoms with Crippen LogP contribution in [0.5, 0.6) is 0 Å². The molecule has 67 heavy (non-hydrogen) atoms. The first-order valence-corrected chi connectivity index (χ1v) is 29.4. The molecule has 392 valence electrons. The molecule has 0 aliphatic heterocycles. The Morgan fingerprint density at radius 3 is 1.21 bits per heavy atom. The van der Waals surface area contributed by atoms with E-state index in [1.807, 2.05) is 0 Å². The predicted molar refractivity (Wildman–Crippen MR) is 292 cm³/mol. The maximum atomic E-state index is 13.3. The van der Waals surface area contributed by atoms with E-state index in [-0.39, 0.29) is 24.9 Å². The number of aliphatic hydroxyl groups is 2. The van der Waals surface area contributed by atoms with Crippen molar-refractivity contribution in [1.82, 2.24) is 5.32 Å². The number of unbranched alkanes of at least 4 members (excludes halogenated alkanes) is 33. The SMILES string of the molecule is CCCCC/C=C\C/C=C\C/C=C\CCCCCCC(=O)OC(CCCCC/C=C/CCCCCCCCC)CC(=O)NC(CO)C(O)CCCCCCCCCCCCCCCCCCC. The fraction of sp³-hybridized carbons (Fsp3) is 0.836.